The smallest absolute Gasteiger partial charge is 0.205 e. The summed E-state index contributed by atoms with van der Waals surface area (Å²) in [6, 6.07) is 0. The average Bonchev–Trinajstić information content (AvgIpc) is 1.63. The van der Waals surface area contributed by atoms with Gasteiger partial charge >= 0.3 is 0 Å². The molecule has 0 unspecified atom stereocenters. The molecule has 0 saturated heterocycles. The van der Waals surface area contributed by atoms with Gasteiger partial charge in [0.25, 0.3) is 5.92 Å². The second-order valence-electron chi connectivity index (χ2n) is 1.61. The lowest BCUT2D eigenvalue weighted by molar-refractivity contribution is -0.0238. The zero-order valence-corrected chi connectivity index (χ0v) is 5.13. The predicted molar refractivity (Wildman–Crippen MR) is 26.4 cm³/mol. The summed E-state index contributed by atoms with van der Waals surface area (Å²) in [6.45, 7) is 0. The molecule has 1 aliphatic carbocycles. The van der Waals surface area contributed by atoms with Gasteiger partial charge in [-0.1, -0.05) is 15.9 Å². The van der Waals surface area contributed by atoms with Crippen LogP contribution in [0.15, 0.2) is 0 Å². The standard InChI is InChI=1S/C4H4BrF2/c5-3-1-2-4(3,6)7/h1-2H2. The Morgan fingerprint density at radius 1 is 1.57 bits per heavy atom. The number of hydrogen-bond acceptors (Lipinski definition) is 0. The van der Waals surface area contributed by atoms with E-state index >= 15 is 0 Å². The molecule has 1 radical (unpaired) electrons. The summed E-state index contributed by atoms with van der Waals surface area (Å²) < 4.78 is 23.7. The van der Waals surface area contributed by atoms with Crippen molar-refractivity contribution in [2.45, 2.75) is 18.8 Å². The zero-order chi connectivity index (χ0) is 5.49. The highest BCUT2D eigenvalue weighted by atomic mass is 79.9. The lowest BCUT2D eigenvalue weighted by Crippen LogP contribution is -2.32. The van der Waals surface area contributed by atoms with Crippen LogP contribution in [0.2, 0.25) is 0 Å². The van der Waals surface area contributed by atoms with Crippen LogP contribution in [-0.2, 0) is 0 Å². The fourth-order valence-corrected chi connectivity index (χ4v) is 0.805. The molecular formula is C4H4BrF2. The second kappa shape index (κ2) is 1.41. The highest BCUT2D eigenvalue weighted by Gasteiger charge is 2.47. The Bertz CT molecular complexity index is 81.8. The van der Waals surface area contributed by atoms with Gasteiger partial charge in [0.15, 0.2) is 0 Å². The van der Waals surface area contributed by atoms with Crippen molar-refractivity contribution in [3.8, 4) is 0 Å². The number of hydrogen-bond donors (Lipinski definition) is 0. The lowest BCUT2D eigenvalue weighted by Gasteiger charge is -2.30. The van der Waals surface area contributed by atoms with E-state index in [0.29, 0.717) is 6.42 Å². The molecular weight excluding hydrogens is 166 g/mol. The molecule has 1 aliphatic rings. The van der Waals surface area contributed by atoms with E-state index < -0.39 is 5.92 Å². The maximum absolute atomic E-state index is 11.8. The minimum Gasteiger partial charge on any atom is -0.205 e. The quantitative estimate of drug-likeness (QED) is 0.523. The Morgan fingerprint density at radius 2 is 2.00 bits per heavy atom. The van der Waals surface area contributed by atoms with Crippen LogP contribution in [0.5, 0.6) is 0 Å². The first-order valence-electron chi connectivity index (χ1n) is 2.02. The number of alkyl halides is 2. The largest absolute Gasteiger partial charge is 0.264 e. The SMILES string of the molecule is FC1(F)CC[C]1Br. The molecule has 1 rings (SSSR count). The van der Waals surface area contributed by atoms with E-state index in [1.807, 2.05) is 0 Å². The van der Waals surface area contributed by atoms with Crippen molar-refractivity contribution in [2.75, 3.05) is 0 Å². The summed E-state index contributed by atoms with van der Waals surface area (Å²) in [6.07, 6.45) is 0.556. The van der Waals surface area contributed by atoms with Gasteiger partial charge in [0.05, 0.1) is 0 Å². The van der Waals surface area contributed by atoms with E-state index in [9.17, 15) is 8.78 Å². The Hall–Kier alpha value is 0.340. The Balaban J connectivity index is 2.43. The molecule has 0 bridgehead atoms. The van der Waals surface area contributed by atoms with Gasteiger partial charge in [-0.25, -0.2) is 8.78 Å². The zero-order valence-electron chi connectivity index (χ0n) is 3.55. The molecule has 0 aromatic carbocycles. The van der Waals surface area contributed by atoms with Crippen molar-refractivity contribution < 1.29 is 8.78 Å². The molecule has 0 amide bonds. The van der Waals surface area contributed by atoms with Crippen LogP contribution in [0.1, 0.15) is 12.8 Å². The van der Waals surface area contributed by atoms with Crippen LogP contribution in [-0.4, -0.2) is 5.92 Å². The molecule has 41 valence electrons. The third kappa shape index (κ3) is 0.784. The maximum Gasteiger partial charge on any atom is 0.264 e. The van der Waals surface area contributed by atoms with E-state index in [-0.39, 0.29) is 11.2 Å². The van der Waals surface area contributed by atoms with Crippen molar-refractivity contribution >= 4 is 15.9 Å². The molecule has 0 nitrogen and oxygen atoms in total. The van der Waals surface area contributed by atoms with E-state index in [1.165, 1.54) is 0 Å². The third-order valence-corrected chi connectivity index (χ3v) is 2.03. The van der Waals surface area contributed by atoms with Crippen LogP contribution >= 0.6 is 15.9 Å². The Morgan fingerprint density at radius 3 is 2.00 bits per heavy atom. The fraction of sp³-hybridized carbons (Fsp3) is 0.750. The molecule has 0 spiro atoms. The molecule has 0 aliphatic heterocycles. The Labute approximate surface area is 49.0 Å². The van der Waals surface area contributed by atoms with Gasteiger partial charge in [-0.15, -0.1) is 0 Å². The number of rotatable bonds is 0. The molecule has 0 heterocycles. The van der Waals surface area contributed by atoms with E-state index in [0.717, 1.165) is 0 Å². The van der Waals surface area contributed by atoms with Crippen LogP contribution in [0.25, 0.3) is 0 Å². The molecule has 0 aromatic heterocycles. The van der Waals surface area contributed by atoms with Gasteiger partial charge in [-0.05, 0) is 6.42 Å². The summed E-state index contributed by atoms with van der Waals surface area (Å²) in [5.41, 5.74) is 0. The molecule has 1 fully saturated rings. The summed E-state index contributed by atoms with van der Waals surface area (Å²) in [5.74, 6) is -2.49. The third-order valence-electron chi connectivity index (χ3n) is 1.06. The maximum atomic E-state index is 11.8. The summed E-state index contributed by atoms with van der Waals surface area (Å²) >= 11 is 2.75. The van der Waals surface area contributed by atoms with E-state index in [2.05, 4.69) is 15.9 Å². The minimum atomic E-state index is -2.49. The van der Waals surface area contributed by atoms with Gasteiger partial charge in [-0.2, -0.15) is 0 Å². The second-order valence-corrected chi connectivity index (χ2v) is 2.57. The van der Waals surface area contributed by atoms with Crippen LogP contribution < -0.4 is 0 Å². The van der Waals surface area contributed by atoms with E-state index in [1.54, 1.807) is 0 Å². The summed E-state index contributed by atoms with van der Waals surface area (Å²) in [7, 11) is 0. The number of halogens is 3. The first-order chi connectivity index (χ1) is 3.13. The highest BCUT2D eigenvalue weighted by molar-refractivity contribution is 9.11. The van der Waals surface area contributed by atoms with Gasteiger partial charge in [0.2, 0.25) is 0 Å². The van der Waals surface area contributed by atoms with Crippen molar-refractivity contribution in [3.63, 3.8) is 0 Å². The first-order valence-corrected chi connectivity index (χ1v) is 2.82. The normalized spacial score (nSPS) is 29.6. The highest BCUT2D eigenvalue weighted by Crippen LogP contribution is 2.48. The monoisotopic (exact) mass is 169 g/mol. The van der Waals surface area contributed by atoms with Gasteiger partial charge in [0, 0.05) is 6.42 Å². The van der Waals surface area contributed by atoms with Crippen molar-refractivity contribution in [1.29, 1.82) is 0 Å². The van der Waals surface area contributed by atoms with Crippen LogP contribution in [0, 0.1) is 4.83 Å². The summed E-state index contributed by atoms with van der Waals surface area (Å²) in [5, 5.41) is 0. The van der Waals surface area contributed by atoms with Gasteiger partial charge in [0.1, 0.15) is 4.83 Å². The lowest BCUT2D eigenvalue weighted by atomic mass is 9.95. The minimum absolute atomic E-state index is 0.0214. The molecule has 0 N–H and O–H groups in total. The molecule has 0 atom stereocenters. The van der Waals surface area contributed by atoms with Crippen LogP contribution in [0.3, 0.4) is 0 Å². The molecule has 1 saturated carbocycles. The fourth-order valence-electron chi connectivity index (χ4n) is 0.408. The van der Waals surface area contributed by atoms with E-state index in [4.69, 9.17) is 0 Å². The molecule has 3 heteroatoms. The molecule has 7 heavy (non-hydrogen) atoms. The van der Waals surface area contributed by atoms with Gasteiger partial charge < -0.3 is 0 Å². The summed E-state index contributed by atoms with van der Waals surface area (Å²) in [4.78, 5) is 0.153. The Kier molecular flexibility index (Phi) is 1.10. The van der Waals surface area contributed by atoms with Crippen LogP contribution in [0.4, 0.5) is 8.78 Å². The van der Waals surface area contributed by atoms with Crippen molar-refractivity contribution in [2.24, 2.45) is 0 Å². The van der Waals surface area contributed by atoms with Gasteiger partial charge in [-0.3, -0.25) is 0 Å². The van der Waals surface area contributed by atoms with Crippen molar-refractivity contribution in [1.82, 2.24) is 0 Å². The molecule has 0 aromatic rings. The van der Waals surface area contributed by atoms with Crippen molar-refractivity contribution in [3.05, 3.63) is 4.83 Å². The first kappa shape index (κ1) is 5.48. The predicted octanol–water partition coefficient (Wildman–Crippen LogP) is 2.34. The topological polar surface area (TPSA) is 0 Å². The average molecular weight is 170 g/mol.